The normalized spacial score (nSPS) is 11.5. The van der Waals surface area contributed by atoms with Crippen molar-refractivity contribution in [3.63, 3.8) is 0 Å². The van der Waals surface area contributed by atoms with E-state index in [1.54, 1.807) is 0 Å². The zero-order chi connectivity index (χ0) is 14.9. The number of allylic oxidation sites excluding steroid dienone is 6. The number of hydrogen-bond donors (Lipinski definition) is 1. The highest BCUT2D eigenvalue weighted by Gasteiger charge is 1.93. The molecule has 0 aromatic carbocycles. The molecule has 0 unspecified atom stereocenters. The van der Waals surface area contributed by atoms with E-state index in [9.17, 15) is 4.79 Å². The molecule has 3 heteroatoms. The molecule has 0 aliphatic carbocycles. The lowest BCUT2D eigenvalue weighted by Gasteiger charge is -1.92. The second kappa shape index (κ2) is 19.0. The molecule has 0 radical (unpaired) electrons. The van der Waals surface area contributed by atoms with Crippen LogP contribution in [-0.2, 0) is 4.79 Å². The molecule has 21 heavy (non-hydrogen) atoms. The van der Waals surface area contributed by atoms with Gasteiger partial charge in [0.25, 0.3) is 0 Å². The maximum absolute atomic E-state index is 10.3. The summed E-state index contributed by atoms with van der Waals surface area (Å²) in [5.41, 5.74) is 0. The molecule has 0 aromatic heterocycles. The third-order valence-electron chi connectivity index (χ3n) is 3.03. The number of carboxylic acids is 1. The van der Waals surface area contributed by atoms with Crippen molar-refractivity contribution in [1.82, 2.24) is 0 Å². The van der Waals surface area contributed by atoms with Crippen LogP contribution in [-0.4, -0.2) is 11.1 Å². The number of aliphatic carboxylic acids is 1. The van der Waals surface area contributed by atoms with Crippen LogP contribution in [0.5, 0.6) is 0 Å². The van der Waals surface area contributed by atoms with E-state index in [0.29, 0.717) is 6.42 Å². The largest absolute Gasteiger partial charge is 0.481 e. The molecular weight excluding hydrogens is 284 g/mol. The summed E-state index contributed by atoms with van der Waals surface area (Å²) in [6, 6.07) is 0. The third kappa shape index (κ3) is 21.4. The van der Waals surface area contributed by atoms with Crippen molar-refractivity contribution in [3.05, 3.63) is 36.5 Å². The van der Waals surface area contributed by atoms with Gasteiger partial charge in [0.1, 0.15) is 0 Å². The Hall–Kier alpha value is -1.02. The summed E-state index contributed by atoms with van der Waals surface area (Å²) in [7, 11) is 0. The van der Waals surface area contributed by atoms with Gasteiger partial charge in [0.05, 0.1) is 0 Å². The second-order valence-corrected chi connectivity index (χ2v) is 5.02. The number of hydrogen-bond acceptors (Lipinski definition) is 1. The van der Waals surface area contributed by atoms with Crippen LogP contribution in [0.15, 0.2) is 36.5 Å². The molecule has 0 rings (SSSR count). The van der Waals surface area contributed by atoms with E-state index >= 15 is 0 Å². The maximum atomic E-state index is 10.3. The van der Waals surface area contributed by atoms with Crippen LogP contribution in [0.25, 0.3) is 0 Å². The van der Waals surface area contributed by atoms with Gasteiger partial charge in [0, 0.05) is 6.42 Å². The minimum atomic E-state index is -0.695. The molecule has 0 saturated carbocycles. The van der Waals surface area contributed by atoms with E-state index in [0.717, 1.165) is 32.1 Å². The van der Waals surface area contributed by atoms with Gasteiger partial charge in [-0.2, -0.15) is 0 Å². The van der Waals surface area contributed by atoms with Crippen molar-refractivity contribution in [1.29, 1.82) is 0 Å². The van der Waals surface area contributed by atoms with Crippen molar-refractivity contribution in [2.45, 2.75) is 71.1 Å². The summed E-state index contributed by atoms with van der Waals surface area (Å²) in [4.78, 5) is 10.3. The van der Waals surface area contributed by atoms with E-state index in [-0.39, 0.29) is 12.4 Å². The molecule has 122 valence electrons. The van der Waals surface area contributed by atoms with Gasteiger partial charge >= 0.3 is 5.97 Å². The number of rotatable bonds is 13. The van der Waals surface area contributed by atoms with Crippen LogP contribution < -0.4 is 0 Å². The number of carboxylic acid groups (broad SMARTS) is 1. The lowest BCUT2D eigenvalue weighted by atomic mass is 10.2. The van der Waals surface area contributed by atoms with Crippen molar-refractivity contribution in [2.75, 3.05) is 0 Å². The van der Waals surface area contributed by atoms with Crippen molar-refractivity contribution < 1.29 is 9.90 Å². The predicted octanol–water partition coefficient (Wildman–Crippen LogP) is 6.08. The highest BCUT2D eigenvalue weighted by Crippen LogP contribution is 2.02. The highest BCUT2D eigenvalue weighted by molar-refractivity contribution is 5.85. The molecule has 0 amide bonds. The van der Waals surface area contributed by atoms with E-state index in [2.05, 4.69) is 43.4 Å². The fourth-order valence-electron chi connectivity index (χ4n) is 1.83. The fourth-order valence-corrected chi connectivity index (χ4v) is 1.83. The lowest BCUT2D eigenvalue weighted by molar-refractivity contribution is -0.137. The zero-order valence-corrected chi connectivity index (χ0v) is 14.1. The summed E-state index contributed by atoms with van der Waals surface area (Å²) in [6.45, 7) is 2.23. The highest BCUT2D eigenvalue weighted by atomic mass is 35.5. The van der Waals surface area contributed by atoms with E-state index < -0.39 is 5.97 Å². The van der Waals surface area contributed by atoms with E-state index in [1.807, 2.05) is 0 Å². The van der Waals surface area contributed by atoms with Gasteiger partial charge in [-0.15, -0.1) is 12.4 Å². The standard InChI is InChI=1S/C18H30O2.ClH/c1-2-3-4-5-6-7-8-9-10-11-12-13-14-15-16-17-18(19)20;/h6-7,9-10,12-13H,2-5,8,11,14-17H2,1H3,(H,19,20);1H/b7-6-,10-9-,13-12-;. The molecule has 0 aliphatic heterocycles. The Morgan fingerprint density at radius 1 is 0.810 bits per heavy atom. The zero-order valence-electron chi connectivity index (χ0n) is 13.3. The first kappa shape index (κ1) is 22.3. The average molecular weight is 315 g/mol. The molecule has 0 saturated heterocycles. The van der Waals surface area contributed by atoms with Gasteiger partial charge in [-0.1, -0.05) is 56.2 Å². The summed E-state index contributed by atoms with van der Waals surface area (Å²) < 4.78 is 0. The SMILES string of the molecule is CCCCC/C=C\C/C=C\C/C=C\CCCCC(=O)O.Cl. The molecule has 0 aliphatic rings. The van der Waals surface area contributed by atoms with E-state index in [4.69, 9.17) is 5.11 Å². The van der Waals surface area contributed by atoms with Crippen LogP contribution in [0, 0.1) is 0 Å². The maximum Gasteiger partial charge on any atom is 0.303 e. The molecular formula is C18H31ClO2. The number of carbonyl (C=O) groups is 1. The van der Waals surface area contributed by atoms with Crippen LogP contribution in [0.4, 0.5) is 0 Å². The summed E-state index contributed by atoms with van der Waals surface area (Å²) >= 11 is 0. The Bertz CT molecular complexity index is 306. The topological polar surface area (TPSA) is 37.3 Å². The summed E-state index contributed by atoms with van der Waals surface area (Å²) in [5.74, 6) is -0.695. The second-order valence-electron chi connectivity index (χ2n) is 5.02. The predicted molar refractivity (Wildman–Crippen MR) is 94.1 cm³/mol. The minimum absolute atomic E-state index is 0. The molecule has 0 bridgehead atoms. The fraction of sp³-hybridized carbons (Fsp3) is 0.611. The molecule has 2 nitrogen and oxygen atoms in total. The van der Waals surface area contributed by atoms with Gasteiger partial charge in [-0.05, 0) is 44.9 Å². The first-order valence-corrected chi connectivity index (χ1v) is 7.94. The van der Waals surface area contributed by atoms with Gasteiger partial charge < -0.3 is 5.11 Å². The average Bonchev–Trinajstić information content (AvgIpc) is 2.43. The first-order valence-electron chi connectivity index (χ1n) is 7.94. The monoisotopic (exact) mass is 314 g/mol. The van der Waals surface area contributed by atoms with Crippen LogP contribution in [0.1, 0.15) is 71.1 Å². The van der Waals surface area contributed by atoms with Crippen LogP contribution in [0.3, 0.4) is 0 Å². The van der Waals surface area contributed by atoms with Crippen LogP contribution in [0.2, 0.25) is 0 Å². The molecule has 0 aromatic rings. The van der Waals surface area contributed by atoms with Crippen molar-refractivity contribution >= 4 is 18.4 Å². The molecule has 0 atom stereocenters. The van der Waals surface area contributed by atoms with Gasteiger partial charge in [-0.25, -0.2) is 0 Å². The Balaban J connectivity index is 0. The quantitative estimate of drug-likeness (QED) is 0.330. The summed E-state index contributed by atoms with van der Waals surface area (Å²) in [5, 5.41) is 8.48. The number of unbranched alkanes of at least 4 members (excludes halogenated alkanes) is 5. The van der Waals surface area contributed by atoms with Gasteiger partial charge in [-0.3, -0.25) is 4.79 Å². The Morgan fingerprint density at radius 2 is 1.29 bits per heavy atom. The molecule has 0 fully saturated rings. The van der Waals surface area contributed by atoms with Gasteiger partial charge in [0.2, 0.25) is 0 Å². The Morgan fingerprint density at radius 3 is 1.76 bits per heavy atom. The van der Waals surface area contributed by atoms with E-state index in [1.165, 1.54) is 25.7 Å². The summed E-state index contributed by atoms with van der Waals surface area (Å²) in [6.07, 6.45) is 23.3. The lowest BCUT2D eigenvalue weighted by Crippen LogP contribution is -1.92. The van der Waals surface area contributed by atoms with Crippen LogP contribution >= 0.6 is 12.4 Å². The van der Waals surface area contributed by atoms with Crippen molar-refractivity contribution in [3.8, 4) is 0 Å². The molecule has 0 spiro atoms. The third-order valence-corrected chi connectivity index (χ3v) is 3.03. The Labute approximate surface area is 136 Å². The molecule has 0 heterocycles. The Kier molecular flexibility index (Phi) is 20.1. The minimum Gasteiger partial charge on any atom is -0.481 e. The first-order chi connectivity index (χ1) is 9.77. The number of halogens is 1. The van der Waals surface area contributed by atoms with Crippen molar-refractivity contribution in [2.24, 2.45) is 0 Å². The molecule has 1 N–H and O–H groups in total. The smallest absolute Gasteiger partial charge is 0.303 e. The van der Waals surface area contributed by atoms with Gasteiger partial charge in [0.15, 0.2) is 0 Å².